The molecule has 0 bridgehead atoms. The maximum Gasteiger partial charge on any atom is 0.119 e. The maximum atomic E-state index is 6.08. The highest BCUT2D eigenvalue weighted by Crippen LogP contribution is 2.49. The van der Waals surface area contributed by atoms with E-state index in [9.17, 15) is 0 Å². The Kier molecular flexibility index (Phi) is 11.2. The van der Waals surface area contributed by atoms with Crippen molar-refractivity contribution < 1.29 is 9.47 Å². The van der Waals surface area contributed by atoms with Crippen molar-refractivity contribution in [1.29, 1.82) is 0 Å². The highest BCUT2D eigenvalue weighted by molar-refractivity contribution is 7.17. The van der Waals surface area contributed by atoms with Gasteiger partial charge in [-0.2, -0.15) is 0 Å². The van der Waals surface area contributed by atoms with Gasteiger partial charge in [0.05, 0.1) is 13.2 Å². The van der Waals surface area contributed by atoms with Gasteiger partial charge in [-0.05, 0) is 145 Å². The van der Waals surface area contributed by atoms with Crippen LogP contribution in [0.3, 0.4) is 0 Å². The van der Waals surface area contributed by atoms with Crippen LogP contribution in [-0.2, 0) is 12.8 Å². The van der Waals surface area contributed by atoms with E-state index in [-0.39, 0.29) is 0 Å². The highest BCUT2D eigenvalue weighted by atomic mass is 32.1. The highest BCUT2D eigenvalue weighted by Gasteiger charge is 2.28. The lowest BCUT2D eigenvalue weighted by Gasteiger charge is -2.26. The van der Waals surface area contributed by atoms with Crippen molar-refractivity contribution in [2.45, 2.75) is 90.9 Å². The van der Waals surface area contributed by atoms with Crippen LogP contribution in [0.25, 0.3) is 21.6 Å². The van der Waals surface area contributed by atoms with Gasteiger partial charge in [-0.25, -0.2) is 0 Å². The first-order valence-corrected chi connectivity index (χ1v) is 20.2. The lowest BCUT2D eigenvalue weighted by molar-refractivity contribution is 0.305. The molecule has 0 unspecified atom stereocenters. The molecule has 2 aliphatic rings. The van der Waals surface area contributed by atoms with Crippen LogP contribution in [0.1, 0.15) is 98.9 Å². The van der Waals surface area contributed by atoms with Crippen LogP contribution >= 0.6 is 22.7 Å². The van der Waals surface area contributed by atoms with Crippen molar-refractivity contribution in [2.24, 2.45) is 0 Å². The predicted octanol–water partition coefficient (Wildman–Crippen LogP) is 13.7. The molecule has 0 radical (unpaired) electrons. The van der Waals surface area contributed by atoms with E-state index in [2.05, 4.69) is 109 Å². The Morgan fingerprint density at radius 3 is 1.65 bits per heavy atom. The summed E-state index contributed by atoms with van der Waals surface area (Å²) in [5.74, 6) is 1.85. The molecule has 3 nitrogen and oxygen atoms in total. The summed E-state index contributed by atoms with van der Waals surface area (Å²) >= 11 is 3.91. The van der Waals surface area contributed by atoms with E-state index in [4.69, 9.17) is 9.47 Å². The Morgan fingerprint density at radius 2 is 1.08 bits per heavy atom. The molecular weight excluding hydrogens is 639 g/mol. The maximum absolute atomic E-state index is 6.08. The molecule has 5 heteroatoms. The van der Waals surface area contributed by atoms with Crippen LogP contribution in [0.4, 0.5) is 17.1 Å². The molecule has 49 heavy (non-hydrogen) atoms. The number of allylic oxidation sites excluding steroid dienone is 2. The molecule has 0 spiro atoms. The number of fused-ring (bicyclic) bond motifs is 2. The van der Waals surface area contributed by atoms with E-state index >= 15 is 0 Å². The minimum Gasteiger partial charge on any atom is -0.494 e. The number of nitrogens with zero attached hydrogens (tertiary/aromatic N) is 1. The van der Waals surface area contributed by atoms with E-state index in [1.165, 1.54) is 78.7 Å². The Bertz CT molecular complexity index is 1770. The van der Waals surface area contributed by atoms with Crippen LogP contribution in [-0.4, -0.2) is 13.2 Å². The van der Waals surface area contributed by atoms with E-state index in [1.807, 2.05) is 22.7 Å². The van der Waals surface area contributed by atoms with Crippen LogP contribution in [0, 0.1) is 0 Å². The molecule has 5 aromatic rings. The summed E-state index contributed by atoms with van der Waals surface area (Å²) in [7, 11) is 0. The summed E-state index contributed by atoms with van der Waals surface area (Å²) in [6, 6.07) is 31.0. The van der Waals surface area contributed by atoms with Crippen LogP contribution in [0.5, 0.6) is 11.5 Å². The molecule has 0 saturated carbocycles. The minimum atomic E-state index is 0.768. The van der Waals surface area contributed by atoms with E-state index in [0.29, 0.717) is 0 Å². The monoisotopic (exact) mass is 687 g/mol. The summed E-state index contributed by atoms with van der Waals surface area (Å²) in [6.07, 6.45) is 14.4. The third-order valence-electron chi connectivity index (χ3n) is 9.89. The second-order valence-electron chi connectivity index (χ2n) is 13.4. The van der Waals surface area contributed by atoms with Crippen LogP contribution in [0.2, 0.25) is 0 Å². The van der Waals surface area contributed by atoms with Gasteiger partial charge in [-0.1, -0.05) is 64.5 Å². The van der Waals surface area contributed by atoms with Gasteiger partial charge in [0.1, 0.15) is 11.5 Å². The first-order valence-electron chi connectivity index (χ1n) is 18.5. The van der Waals surface area contributed by atoms with E-state index in [1.54, 1.807) is 21.6 Å². The molecule has 2 aromatic heterocycles. The average Bonchev–Trinajstić information content (AvgIpc) is 3.93. The molecule has 3 aromatic carbocycles. The van der Waals surface area contributed by atoms with Crippen LogP contribution < -0.4 is 14.4 Å². The molecule has 0 N–H and O–H groups in total. The van der Waals surface area contributed by atoms with Gasteiger partial charge in [-0.15, -0.1) is 22.7 Å². The third kappa shape index (κ3) is 7.84. The first kappa shape index (κ1) is 33.7. The lowest BCUT2D eigenvalue weighted by Crippen LogP contribution is -2.10. The zero-order valence-electron chi connectivity index (χ0n) is 29.1. The van der Waals surface area contributed by atoms with E-state index in [0.717, 1.165) is 61.0 Å². The van der Waals surface area contributed by atoms with Crippen molar-refractivity contribution >= 4 is 50.9 Å². The lowest BCUT2D eigenvalue weighted by atomic mass is 10.1. The average molecular weight is 688 g/mol. The summed E-state index contributed by atoms with van der Waals surface area (Å²) in [5, 5.41) is 2.26. The number of hydrogen-bond acceptors (Lipinski definition) is 5. The smallest absolute Gasteiger partial charge is 0.119 e. The number of rotatable bonds is 16. The second-order valence-corrected chi connectivity index (χ2v) is 15.4. The number of thiophene rings is 2. The minimum absolute atomic E-state index is 0.768. The van der Waals surface area contributed by atoms with Crippen molar-refractivity contribution in [3.63, 3.8) is 0 Å². The molecule has 0 fully saturated rings. The van der Waals surface area contributed by atoms with Crippen molar-refractivity contribution in [2.75, 3.05) is 18.1 Å². The van der Waals surface area contributed by atoms with E-state index < -0.39 is 0 Å². The van der Waals surface area contributed by atoms with Gasteiger partial charge in [0.15, 0.2) is 0 Å². The largest absolute Gasteiger partial charge is 0.494 e. The molecule has 0 saturated heterocycles. The molecule has 0 atom stereocenters. The van der Waals surface area contributed by atoms with Crippen molar-refractivity contribution in [3.8, 4) is 21.9 Å². The number of ether oxygens (including phenoxy) is 2. The fourth-order valence-corrected chi connectivity index (χ4v) is 9.55. The van der Waals surface area contributed by atoms with Gasteiger partial charge in [0, 0.05) is 31.7 Å². The van der Waals surface area contributed by atoms with Gasteiger partial charge in [-0.3, -0.25) is 0 Å². The van der Waals surface area contributed by atoms with Crippen molar-refractivity contribution in [3.05, 3.63) is 111 Å². The Labute approximate surface area is 301 Å². The molecule has 7 rings (SSSR count). The number of anilines is 3. The number of unbranched alkanes of at least 4 members (excludes halogenated alkanes) is 6. The fourth-order valence-electron chi connectivity index (χ4n) is 7.17. The molecule has 0 amide bonds. The SMILES string of the molecule is CCCCCCOc1ccc(N(c2ccc(OCCCCCC)cc2)c2ccc(-c3cc4c(s3)/C(=C3\CCc5ccsc53)CC4)cc2)cc1. The van der Waals surface area contributed by atoms with Gasteiger partial charge >= 0.3 is 0 Å². The number of aryl methyl sites for hydroxylation is 2. The third-order valence-corrected chi connectivity index (χ3v) is 12.2. The van der Waals surface area contributed by atoms with Gasteiger partial charge in [0.2, 0.25) is 0 Å². The molecule has 254 valence electrons. The number of hydrogen-bond donors (Lipinski definition) is 0. The number of benzene rings is 3. The predicted molar refractivity (Wildman–Crippen MR) is 211 cm³/mol. The summed E-state index contributed by atoms with van der Waals surface area (Å²) in [6.45, 7) is 6.02. The normalized spacial score (nSPS) is 15.0. The standard InChI is InChI=1S/C44H49NO2S2/c1-3-5-7-9-28-46-38-21-17-36(18-22-38)45(37-19-23-39(24-20-37)47-29-10-8-6-4-2)35-15-11-32(12-16-35)42-31-34-14-26-41(44(34)49-42)40-25-13-33-27-30-48-43(33)40/h11-12,15-24,27,30-31H,3-10,13-14,25-26,28-29H2,1-2H3/b41-40+. The first-order chi connectivity index (χ1) is 24.2. The summed E-state index contributed by atoms with van der Waals surface area (Å²) in [4.78, 5) is 6.76. The zero-order valence-corrected chi connectivity index (χ0v) is 30.8. The van der Waals surface area contributed by atoms with Gasteiger partial charge in [0.25, 0.3) is 0 Å². The zero-order chi connectivity index (χ0) is 33.4. The quantitative estimate of drug-likeness (QED) is 0.0964. The topological polar surface area (TPSA) is 21.7 Å². The molecular formula is C44H49NO2S2. The Balaban J connectivity index is 1.11. The molecule has 0 aliphatic heterocycles. The summed E-state index contributed by atoms with van der Waals surface area (Å²) in [5.41, 5.74) is 10.9. The molecule has 2 heterocycles. The fraction of sp³-hybridized carbons (Fsp3) is 0.364. The van der Waals surface area contributed by atoms with Gasteiger partial charge < -0.3 is 14.4 Å². The molecule has 2 aliphatic carbocycles. The van der Waals surface area contributed by atoms with Crippen LogP contribution in [0.15, 0.2) is 90.3 Å². The second kappa shape index (κ2) is 16.3. The Hall–Kier alpha value is -3.80. The Morgan fingerprint density at radius 1 is 0.551 bits per heavy atom. The summed E-state index contributed by atoms with van der Waals surface area (Å²) < 4.78 is 12.2. The van der Waals surface area contributed by atoms with Crippen molar-refractivity contribution in [1.82, 2.24) is 0 Å².